The third kappa shape index (κ3) is 2.70. The van der Waals surface area contributed by atoms with Crippen molar-refractivity contribution in [3.8, 4) is 0 Å². The van der Waals surface area contributed by atoms with Gasteiger partial charge in [0, 0.05) is 24.7 Å². The summed E-state index contributed by atoms with van der Waals surface area (Å²) in [7, 11) is 0. The molecule has 0 saturated heterocycles. The molecule has 1 aliphatic rings. The first kappa shape index (κ1) is 13.2. The van der Waals surface area contributed by atoms with Gasteiger partial charge in [0.05, 0.1) is 6.10 Å². The summed E-state index contributed by atoms with van der Waals surface area (Å²) < 4.78 is 0. The molecule has 0 bridgehead atoms. The molecule has 0 spiro atoms. The molecule has 2 nitrogen and oxygen atoms in total. The second-order valence-electron chi connectivity index (χ2n) is 5.70. The molecule has 1 aliphatic heterocycles. The van der Waals surface area contributed by atoms with E-state index in [0.29, 0.717) is 5.92 Å². The standard InChI is InChI=1S/C18H21NO/c1-14(20)17-11-16-9-5-6-10-18(16)19(13-17)12-15-7-3-2-4-8-15/h2-10,14,17,20H,11-13H2,1H3/t14-,17+/m1/s1. The van der Waals surface area contributed by atoms with Crippen molar-refractivity contribution in [2.24, 2.45) is 5.92 Å². The van der Waals surface area contributed by atoms with Crippen molar-refractivity contribution >= 4 is 5.69 Å². The van der Waals surface area contributed by atoms with E-state index >= 15 is 0 Å². The van der Waals surface area contributed by atoms with Gasteiger partial charge in [0.2, 0.25) is 0 Å². The number of hydrogen-bond acceptors (Lipinski definition) is 2. The van der Waals surface area contributed by atoms with E-state index in [1.807, 2.05) is 13.0 Å². The van der Waals surface area contributed by atoms with Crippen LogP contribution in [0.3, 0.4) is 0 Å². The molecule has 2 aromatic rings. The summed E-state index contributed by atoms with van der Waals surface area (Å²) in [5, 5.41) is 9.96. The Balaban J connectivity index is 1.89. The fourth-order valence-electron chi connectivity index (χ4n) is 3.00. The molecule has 0 aromatic heterocycles. The molecule has 0 radical (unpaired) electrons. The van der Waals surface area contributed by atoms with E-state index in [-0.39, 0.29) is 6.10 Å². The number of anilines is 1. The summed E-state index contributed by atoms with van der Waals surface area (Å²) in [6.45, 7) is 3.73. The lowest BCUT2D eigenvalue weighted by Gasteiger charge is -2.37. The van der Waals surface area contributed by atoms with Crippen LogP contribution in [-0.2, 0) is 13.0 Å². The quantitative estimate of drug-likeness (QED) is 0.922. The molecule has 0 saturated carbocycles. The van der Waals surface area contributed by atoms with Crippen molar-refractivity contribution in [2.75, 3.05) is 11.4 Å². The Morgan fingerprint density at radius 3 is 2.55 bits per heavy atom. The molecule has 2 aromatic carbocycles. The Morgan fingerprint density at radius 2 is 1.80 bits per heavy atom. The topological polar surface area (TPSA) is 23.5 Å². The number of fused-ring (bicyclic) bond motifs is 1. The minimum atomic E-state index is -0.262. The number of aliphatic hydroxyl groups excluding tert-OH is 1. The highest BCUT2D eigenvalue weighted by atomic mass is 16.3. The highest BCUT2D eigenvalue weighted by Crippen LogP contribution is 2.31. The molecule has 0 fully saturated rings. The predicted octanol–water partition coefficient (Wildman–Crippen LogP) is 3.25. The van der Waals surface area contributed by atoms with Gasteiger partial charge in [-0.1, -0.05) is 48.5 Å². The summed E-state index contributed by atoms with van der Waals surface area (Å²) in [6.07, 6.45) is 0.709. The fraction of sp³-hybridized carbons (Fsp3) is 0.333. The van der Waals surface area contributed by atoms with Gasteiger partial charge >= 0.3 is 0 Å². The van der Waals surface area contributed by atoms with E-state index in [4.69, 9.17) is 0 Å². The molecule has 3 rings (SSSR count). The monoisotopic (exact) mass is 267 g/mol. The van der Waals surface area contributed by atoms with Gasteiger partial charge in [-0.3, -0.25) is 0 Å². The summed E-state index contributed by atoms with van der Waals surface area (Å²) in [5.74, 6) is 0.314. The second kappa shape index (κ2) is 5.68. The maximum atomic E-state index is 9.96. The lowest BCUT2D eigenvalue weighted by Crippen LogP contribution is -2.39. The third-order valence-corrected chi connectivity index (χ3v) is 4.17. The van der Waals surface area contributed by atoms with Gasteiger partial charge in [-0.05, 0) is 30.5 Å². The highest BCUT2D eigenvalue weighted by molar-refractivity contribution is 5.56. The van der Waals surface area contributed by atoms with Gasteiger partial charge in [-0.15, -0.1) is 0 Å². The highest BCUT2D eigenvalue weighted by Gasteiger charge is 2.26. The van der Waals surface area contributed by atoms with Crippen molar-refractivity contribution in [1.29, 1.82) is 0 Å². The summed E-state index contributed by atoms with van der Waals surface area (Å²) in [4.78, 5) is 2.39. The van der Waals surface area contributed by atoms with E-state index in [0.717, 1.165) is 19.5 Å². The van der Waals surface area contributed by atoms with Gasteiger partial charge < -0.3 is 10.0 Å². The zero-order chi connectivity index (χ0) is 13.9. The normalized spacial score (nSPS) is 19.5. The first-order valence-electron chi connectivity index (χ1n) is 7.29. The van der Waals surface area contributed by atoms with Gasteiger partial charge in [0.15, 0.2) is 0 Å². The van der Waals surface area contributed by atoms with Crippen LogP contribution in [0.2, 0.25) is 0 Å². The maximum absolute atomic E-state index is 9.96. The lowest BCUT2D eigenvalue weighted by molar-refractivity contribution is 0.125. The van der Waals surface area contributed by atoms with Crippen LogP contribution in [-0.4, -0.2) is 17.8 Å². The van der Waals surface area contributed by atoms with Gasteiger partial charge in [0.1, 0.15) is 0 Å². The zero-order valence-electron chi connectivity index (χ0n) is 11.9. The maximum Gasteiger partial charge on any atom is 0.0560 e. The number of hydrogen-bond donors (Lipinski definition) is 1. The molecule has 0 aliphatic carbocycles. The van der Waals surface area contributed by atoms with Crippen LogP contribution in [0, 0.1) is 5.92 Å². The third-order valence-electron chi connectivity index (χ3n) is 4.17. The van der Waals surface area contributed by atoms with Crippen molar-refractivity contribution in [3.05, 3.63) is 65.7 Å². The molecular weight excluding hydrogens is 246 g/mol. The lowest BCUT2D eigenvalue weighted by atomic mass is 9.89. The van der Waals surface area contributed by atoms with E-state index < -0.39 is 0 Å². The summed E-state index contributed by atoms with van der Waals surface area (Å²) >= 11 is 0. The number of para-hydroxylation sites is 1. The van der Waals surface area contributed by atoms with Gasteiger partial charge in [0.25, 0.3) is 0 Å². The molecule has 0 amide bonds. The number of aliphatic hydroxyl groups is 1. The second-order valence-corrected chi connectivity index (χ2v) is 5.70. The number of rotatable bonds is 3. The molecule has 104 valence electrons. The molecule has 1 N–H and O–H groups in total. The summed E-state index contributed by atoms with van der Waals surface area (Å²) in [6, 6.07) is 19.1. The van der Waals surface area contributed by atoms with Crippen molar-refractivity contribution in [3.63, 3.8) is 0 Å². The Labute approximate surface area is 120 Å². The van der Waals surface area contributed by atoms with E-state index in [2.05, 4.69) is 53.4 Å². The number of benzene rings is 2. The molecule has 1 heterocycles. The molecule has 20 heavy (non-hydrogen) atoms. The largest absolute Gasteiger partial charge is 0.393 e. The van der Waals surface area contributed by atoms with Crippen LogP contribution in [0.15, 0.2) is 54.6 Å². The van der Waals surface area contributed by atoms with Crippen LogP contribution < -0.4 is 4.90 Å². The average molecular weight is 267 g/mol. The molecule has 2 atom stereocenters. The Kier molecular flexibility index (Phi) is 3.75. The molecule has 2 heteroatoms. The van der Waals surface area contributed by atoms with E-state index in [1.54, 1.807) is 0 Å². The van der Waals surface area contributed by atoms with Crippen molar-refractivity contribution in [1.82, 2.24) is 0 Å². The van der Waals surface area contributed by atoms with E-state index in [1.165, 1.54) is 16.8 Å². The Morgan fingerprint density at radius 1 is 1.10 bits per heavy atom. The minimum absolute atomic E-state index is 0.262. The van der Waals surface area contributed by atoms with Gasteiger partial charge in [-0.2, -0.15) is 0 Å². The van der Waals surface area contributed by atoms with E-state index in [9.17, 15) is 5.11 Å². The minimum Gasteiger partial charge on any atom is -0.393 e. The first-order valence-corrected chi connectivity index (χ1v) is 7.29. The predicted molar refractivity (Wildman–Crippen MR) is 82.8 cm³/mol. The van der Waals surface area contributed by atoms with Crippen LogP contribution in [0.1, 0.15) is 18.1 Å². The number of nitrogens with zero attached hydrogens (tertiary/aromatic N) is 1. The fourth-order valence-corrected chi connectivity index (χ4v) is 3.00. The smallest absolute Gasteiger partial charge is 0.0560 e. The Hall–Kier alpha value is -1.80. The molecule has 0 unspecified atom stereocenters. The van der Waals surface area contributed by atoms with Crippen LogP contribution in [0.4, 0.5) is 5.69 Å². The van der Waals surface area contributed by atoms with Crippen LogP contribution in [0.25, 0.3) is 0 Å². The SMILES string of the molecule is C[C@@H](O)[C@H]1Cc2ccccc2N(Cc2ccccc2)C1. The zero-order valence-corrected chi connectivity index (χ0v) is 11.9. The summed E-state index contributed by atoms with van der Waals surface area (Å²) in [5.41, 5.74) is 3.97. The van der Waals surface area contributed by atoms with Crippen molar-refractivity contribution < 1.29 is 5.11 Å². The Bertz CT molecular complexity index is 565. The van der Waals surface area contributed by atoms with Gasteiger partial charge in [-0.25, -0.2) is 0 Å². The van der Waals surface area contributed by atoms with Crippen LogP contribution in [0.5, 0.6) is 0 Å². The van der Waals surface area contributed by atoms with Crippen molar-refractivity contribution in [2.45, 2.75) is 26.0 Å². The first-order chi connectivity index (χ1) is 9.74. The molecular formula is C18H21NO. The van der Waals surface area contributed by atoms with Crippen LogP contribution >= 0.6 is 0 Å². The average Bonchev–Trinajstić information content (AvgIpc) is 2.48.